The highest BCUT2D eigenvalue weighted by atomic mass is 16.5. The first kappa shape index (κ1) is 28.2. The quantitative estimate of drug-likeness (QED) is 0.334. The van der Waals surface area contributed by atoms with Crippen LogP contribution in [0.1, 0.15) is 133 Å². The summed E-state index contributed by atoms with van der Waals surface area (Å²) in [6.45, 7) is 16.8. The van der Waals surface area contributed by atoms with E-state index in [9.17, 15) is 4.79 Å². The fourth-order valence-corrected chi connectivity index (χ4v) is 10.7. The smallest absolute Gasteiger partial charge is 0.338 e. The summed E-state index contributed by atoms with van der Waals surface area (Å²) in [6, 6.07) is 6.08. The van der Waals surface area contributed by atoms with Crippen molar-refractivity contribution < 1.29 is 9.53 Å². The molecule has 212 valence electrons. The molecule has 4 aliphatic carbocycles. The van der Waals surface area contributed by atoms with Crippen LogP contribution >= 0.6 is 0 Å². The van der Waals surface area contributed by atoms with Crippen LogP contribution in [0.5, 0.6) is 0 Å². The molecule has 9 atom stereocenters. The predicted molar refractivity (Wildman–Crippen MR) is 158 cm³/mol. The SMILES string of the molecule is Cc1cc(C)cc(C(=O)OC2CCC3(C)C(CCC4C3CCC3(C)C4CC[C@@H]3C(C)CCCC(C)C)C2)c1. The van der Waals surface area contributed by atoms with Crippen molar-refractivity contribution in [1.29, 1.82) is 0 Å². The van der Waals surface area contributed by atoms with Crippen molar-refractivity contribution >= 4 is 5.97 Å². The normalized spacial score (nSPS) is 39.3. The Morgan fingerprint density at radius 2 is 1.55 bits per heavy atom. The Bertz CT molecular complexity index is 975. The summed E-state index contributed by atoms with van der Waals surface area (Å²) in [7, 11) is 0. The highest BCUT2D eigenvalue weighted by Crippen LogP contribution is 2.68. The number of fused-ring (bicyclic) bond motifs is 5. The lowest BCUT2D eigenvalue weighted by atomic mass is 9.44. The maximum absolute atomic E-state index is 13.0. The number of hydrogen-bond donors (Lipinski definition) is 0. The fourth-order valence-electron chi connectivity index (χ4n) is 10.7. The topological polar surface area (TPSA) is 26.3 Å². The molecule has 0 N–H and O–H groups in total. The minimum absolute atomic E-state index is 0.0920. The van der Waals surface area contributed by atoms with Crippen LogP contribution in [0.3, 0.4) is 0 Å². The molecule has 1 aromatic rings. The highest BCUT2D eigenvalue weighted by molar-refractivity contribution is 5.90. The van der Waals surface area contributed by atoms with Crippen molar-refractivity contribution in [1.82, 2.24) is 0 Å². The Balaban J connectivity index is 1.22. The van der Waals surface area contributed by atoms with Gasteiger partial charge in [-0.3, -0.25) is 0 Å². The molecule has 0 amide bonds. The molecule has 2 nitrogen and oxygen atoms in total. The number of rotatable bonds is 7. The van der Waals surface area contributed by atoms with Crippen LogP contribution in [0.4, 0.5) is 0 Å². The van der Waals surface area contributed by atoms with Gasteiger partial charge in [-0.25, -0.2) is 4.79 Å². The van der Waals surface area contributed by atoms with Gasteiger partial charge in [0.05, 0.1) is 5.56 Å². The van der Waals surface area contributed by atoms with Crippen LogP contribution in [0.2, 0.25) is 0 Å². The van der Waals surface area contributed by atoms with Gasteiger partial charge < -0.3 is 4.74 Å². The largest absolute Gasteiger partial charge is 0.459 e. The van der Waals surface area contributed by atoms with Gasteiger partial charge >= 0.3 is 5.97 Å². The van der Waals surface area contributed by atoms with Gasteiger partial charge in [0.2, 0.25) is 0 Å². The molecule has 1 aromatic carbocycles. The van der Waals surface area contributed by atoms with Crippen molar-refractivity contribution in [2.45, 2.75) is 132 Å². The Morgan fingerprint density at radius 1 is 0.868 bits per heavy atom. The first-order valence-corrected chi connectivity index (χ1v) is 16.3. The second-order valence-corrected chi connectivity index (χ2v) is 15.4. The molecule has 8 unspecified atom stereocenters. The summed E-state index contributed by atoms with van der Waals surface area (Å²) in [5.41, 5.74) is 4.00. The van der Waals surface area contributed by atoms with Crippen LogP contribution in [-0.2, 0) is 4.74 Å². The molecule has 38 heavy (non-hydrogen) atoms. The second-order valence-electron chi connectivity index (χ2n) is 15.4. The average molecular weight is 521 g/mol. The molecule has 0 heterocycles. The van der Waals surface area contributed by atoms with Gasteiger partial charge in [0, 0.05) is 0 Å². The molecule has 0 aliphatic heterocycles. The third-order valence-corrected chi connectivity index (χ3v) is 12.5. The van der Waals surface area contributed by atoms with Crippen molar-refractivity contribution in [2.24, 2.45) is 52.3 Å². The predicted octanol–water partition coefficient (Wildman–Crippen LogP) is 9.95. The first-order valence-electron chi connectivity index (χ1n) is 16.3. The van der Waals surface area contributed by atoms with Gasteiger partial charge in [-0.2, -0.15) is 0 Å². The van der Waals surface area contributed by atoms with Gasteiger partial charge in [0.15, 0.2) is 0 Å². The number of aryl methyl sites for hydroxylation is 2. The van der Waals surface area contributed by atoms with E-state index in [1.54, 1.807) is 0 Å². The maximum Gasteiger partial charge on any atom is 0.338 e. The van der Waals surface area contributed by atoms with Gasteiger partial charge in [-0.1, -0.05) is 71.1 Å². The maximum atomic E-state index is 13.0. The van der Waals surface area contributed by atoms with E-state index in [2.05, 4.69) is 54.5 Å². The summed E-state index contributed by atoms with van der Waals surface area (Å²) in [6.07, 6.45) is 16.3. The minimum Gasteiger partial charge on any atom is -0.459 e. The third kappa shape index (κ3) is 5.24. The molecule has 0 aromatic heterocycles. The van der Waals surface area contributed by atoms with E-state index in [0.717, 1.165) is 65.0 Å². The van der Waals surface area contributed by atoms with Crippen LogP contribution in [-0.4, -0.2) is 12.1 Å². The van der Waals surface area contributed by atoms with E-state index in [-0.39, 0.29) is 12.1 Å². The number of carbonyl (C=O) groups is 1. The van der Waals surface area contributed by atoms with Gasteiger partial charge in [0.25, 0.3) is 0 Å². The lowest BCUT2D eigenvalue weighted by Crippen LogP contribution is -2.54. The first-order chi connectivity index (χ1) is 18.0. The van der Waals surface area contributed by atoms with Crippen LogP contribution < -0.4 is 0 Å². The molecule has 5 rings (SSSR count). The third-order valence-electron chi connectivity index (χ3n) is 12.5. The van der Waals surface area contributed by atoms with E-state index in [0.29, 0.717) is 16.7 Å². The van der Waals surface area contributed by atoms with Crippen LogP contribution in [0.25, 0.3) is 0 Å². The number of hydrogen-bond acceptors (Lipinski definition) is 2. The van der Waals surface area contributed by atoms with E-state index < -0.39 is 0 Å². The molecule has 0 bridgehead atoms. The fraction of sp³-hybridized carbons (Fsp3) is 0.806. The van der Waals surface area contributed by atoms with E-state index >= 15 is 0 Å². The Morgan fingerprint density at radius 3 is 2.26 bits per heavy atom. The number of benzene rings is 1. The molecule has 0 saturated heterocycles. The molecule has 2 heteroatoms. The summed E-state index contributed by atoms with van der Waals surface area (Å²) in [5.74, 6) is 6.00. The molecule has 4 aliphatic rings. The van der Waals surface area contributed by atoms with Gasteiger partial charge in [-0.05, 0) is 136 Å². The molecule has 0 spiro atoms. The zero-order chi connectivity index (χ0) is 27.2. The van der Waals surface area contributed by atoms with Crippen molar-refractivity contribution in [3.63, 3.8) is 0 Å². The second kappa shape index (κ2) is 10.9. The standard InChI is InChI=1S/C36H56O2/c1-23(2)9-8-10-26(5)31-13-14-32-30-12-11-28-22-29(38-34(37)27-20-24(3)19-25(4)21-27)15-17-35(28,6)33(30)16-18-36(31,32)7/h19-21,23,26,28-33H,8-18,22H2,1-7H3/t26?,28?,29?,30?,31-,32?,33?,35?,36?/m1/s1. The summed E-state index contributed by atoms with van der Waals surface area (Å²) >= 11 is 0. The van der Waals surface area contributed by atoms with Crippen LogP contribution in [0.15, 0.2) is 18.2 Å². The van der Waals surface area contributed by atoms with Crippen molar-refractivity contribution in [3.05, 3.63) is 34.9 Å². The van der Waals surface area contributed by atoms with E-state index in [1.165, 1.54) is 64.2 Å². The Kier molecular flexibility index (Phi) is 8.12. The summed E-state index contributed by atoms with van der Waals surface area (Å²) < 4.78 is 6.15. The van der Waals surface area contributed by atoms with Crippen LogP contribution in [0, 0.1) is 66.1 Å². The zero-order valence-electron chi connectivity index (χ0n) is 25.7. The molecule has 4 saturated carbocycles. The van der Waals surface area contributed by atoms with Gasteiger partial charge in [0.1, 0.15) is 6.10 Å². The highest BCUT2D eigenvalue weighted by Gasteiger charge is 2.60. The van der Waals surface area contributed by atoms with E-state index in [4.69, 9.17) is 4.74 Å². The number of ether oxygens (including phenoxy) is 1. The van der Waals surface area contributed by atoms with Gasteiger partial charge in [-0.15, -0.1) is 0 Å². The lowest BCUT2D eigenvalue weighted by Gasteiger charge is -2.61. The lowest BCUT2D eigenvalue weighted by molar-refractivity contribution is -0.130. The monoisotopic (exact) mass is 520 g/mol. The molecular weight excluding hydrogens is 464 g/mol. The Hall–Kier alpha value is -1.31. The average Bonchev–Trinajstić information content (AvgIpc) is 3.20. The molecule has 0 radical (unpaired) electrons. The molecule has 4 fully saturated rings. The zero-order valence-corrected chi connectivity index (χ0v) is 25.7. The Labute approximate surface area is 234 Å². The summed E-state index contributed by atoms with van der Waals surface area (Å²) in [4.78, 5) is 13.0. The number of esters is 1. The van der Waals surface area contributed by atoms with E-state index in [1.807, 2.05) is 12.1 Å². The minimum atomic E-state index is -0.118. The molecular formula is C36H56O2. The summed E-state index contributed by atoms with van der Waals surface area (Å²) in [5, 5.41) is 0. The number of carbonyl (C=O) groups excluding carboxylic acids is 1. The van der Waals surface area contributed by atoms with Crippen molar-refractivity contribution in [3.8, 4) is 0 Å². The van der Waals surface area contributed by atoms with Crippen molar-refractivity contribution in [2.75, 3.05) is 0 Å².